The molecule has 5 heteroatoms. The first kappa shape index (κ1) is 15.1. The van der Waals surface area contributed by atoms with Gasteiger partial charge in [-0.2, -0.15) is 0 Å². The van der Waals surface area contributed by atoms with Crippen LogP contribution >= 0.6 is 0 Å². The van der Waals surface area contributed by atoms with Crippen molar-refractivity contribution in [3.05, 3.63) is 65.1 Å². The molecule has 0 aliphatic heterocycles. The third-order valence-electron chi connectivity index (χ3n) is 4.03. The van der Waals surface area contributed by atoms with Gasteiger partial charge in [0.2, 0.25) is 0 Å². The smallest absolute Gasteiger partial charge is 0.251 e. The first-order valence-corrected chi connectivity index (χ1v) is 7.65. The van der Waals surface area contributed by atoms with Crippen LogP contribution in [0.4, 0.5) is 11.4 Å². The highest BCUT2D eigenvalue weighted by Crippen LogP contribution is 2.19. The minimum Gasteiger partial charge on any atom is -0.382 e. The maximum absolute atomic E-state index is 11.8. The van der Waals surface area contributed by atoms with Crippen molar-refractivity contribution < 1.29 is 0 Å². The van der Waals surface area contributed by atoms with Crippen molar-refractivity contribution in [2.45, 2.75) is 13.0 Å². The Morgan fingerprint density at radius 1 is 1.22 bits per heavy atom. The van der Waals surface area contributed by atoms with Gasteiger partial charge in [0.05, 0.1) is 5.69 Å². The molecular formula is C18H20N4O. The van der Waals surface area contributed by atoms with E-state index in [2.05, 4.69) is 46.3 Å². The number of likely N-dealkylation sites (N-methyl/N-ethyl adjacent to an activating group) is 1. The predicted octanol–water partition coefficient (Wildman–Crippen LogP) is 2.86. The standard InChI is InChI=1S/C18H20N4O/c1-13(22(2)14-7-4-3-5-8-14)12-20-16-11-17(23)21-18-15(16)9-6-10-19-18/h3-11,13H,12H2,1-2H3,(H2,19,20,21,23). The van der Waals surface area contributed by atoms with E-state index in [0.717, 1.165) is 17.6 Å². The molecule has 1 unspecified atom stereocenters. The highest BCUT2D eigenvalue weighted by molar-refractivity contribution is 5.88. The third-order valence-corrected chi connectivity index (χ3v) is 4.03. The summed E-state index contributed by atoms with van der Waals surface area (Å²) in [5.74, 6) is 0. The van der Waals surface area contributed by atoms with Crippen LogP contribution in [0.15, 0.2) is 59.5 Å². The summed E-state index contributed by atoms with van der Waals surface area (Å²) in [6, 6.07) is 15.9. The lowest BCUT2D eigenvalue weighted by molar-refractivity contribution is 0.716. The van der Waals surface area contributed by atoms with Crippen molar-refractivity contribution in [3.8, 4) is 0 Å². The summed E-state index contributed by atoms with van der Waals surface area (Å²) < 4.78 is 0. The van der Waals surface area contributed by atoms with E-state index >= 15 is 0 Å². The third kappa shape index (κ3) is 3.34. The summed E-state index contributed by atoms with van der Waals surface area (Å²) in [6.45, 7) is 2.87. The lowest BCUT2D eigenvalue weighted by atomic mass is 10.2. The summed E-state index contributed by atoms with van der Waals surface area (Å²) in [5.41, 5.74) is 2.43. The van der Waals surface area contributed by atoms with Crippen molar-refractivity contribution in [3.63, 3.8) is 0 Å². The summed E-state index contributed by atoms with van der Waals surface area (Å²) in [5, 5.41) is 4.30. The summed E-state index contributed by atoms with van der Waals surface area (Å²) in [6.07, 6.45) is 1.67. The molecule has 2 N–H and O–H groups in total. The van der Waals surface area contributed by atoms with E-state index in [1.165, 1.54) is 5.69 Å². The van der Waals surface area contributed by atoms with Crippen molar-refractivity contribution >= 4 is 22.4 Å². The fraction of sp³-hybridized carbons (Fsp3) is 0.222. The van der Waals surface area contributed by atoms with Crippen LogP contribution in [0.3, 0.4) is 0 Å². The molecule has 2 aromatic heterocycles. The second kappa shape index (κ2) is 6.52. The molecule has 3 aromatic rings. The van der Waals surface area contributed by atoms with E-state index in [1.807, 2.05) is 30.3 Å². The molecule has 0 fully saturated rings. The molecule has 0 aliphatic carbocycles. The predicted molar refractivity (Wildman–Crippen MR) is 95.2 cm³/mol. The minimum absolute atomic E-state index is 0.150. The molecule has 0 bridgehead atoms. The van der Waals surface area contributed by atoms with Gasteiger partial charge in [-0.05, 0) is 31.2 Å². The molecule has 3 rings (SSSR count). The fourth-order valence-corrected chi connectivity index (χ4v) is 2.54. The Bertz CT molecular complexity index is 844. The number of H-pyrrole nitrogens is 1. The molecule has 0 radical (unpaired) electrons. The van der Waals surface area contributed by atoms with Crippen LogP contribution in [0.5, 0.6) is 0 Å². The van der Waals surface area contributed by atoms with Gasteiger partial charge in [-0.1, -0.05) is 18.2 Å². The van der Waals surface area contributed by atoms with Crippen LogP contribution in [0.1, 0.15) is 6.92 Å². The van der Waals surface area contributed by atoms with Gasteiger partial charge < -0.3 is 15.2 Å². The average Bonchev–Trinajstić information content (AvgIpc) is 2.59. The van der Waals surface area contributed by atoms with E-state index < -0.39 is 0 Å². The zero-order chi connectivity index (χ0) is 16.2. The molecular weight excluding hydrogens is 288 g/mol. The normalized spacial score (nSPS) is 12.1. The monoisotopic (exact) mass is 308 g/mol. The minimum atomic E-state index is -0.150. The van der Waals surface area contributed by atoms with Gasteiger partial charge in [0.1, 0.15) is 5.65 Å². The molecule has 5 nitrogen and oxygen atoms in total. The van der Waals surface area contributed by atoms with Crippen molar-refractivity contribution in [1.29, 1.82) is 0 Å². The quantitative estimate of drug-likeness (QED) is 0.761. The van der Waals surface area contributed by atoms with E-state index in [9.17, 15) is 4.79 Å². The molecule has 23 heavy (non-hydrogen) atoms. The number of para-hydroxylation sites is 1. The van der Waals surface area contributed by atoms with Crippen LogP contribution in [-0.4, -0.2) is 29.6 Å². The van der Waals surface area contributed by atoms with Crippen LogP contribution in [0.25, 0.3) is 11.0 Å². The SMILES string of the molecule is CC(CNc1cc(=O)[nH]c2ncccc12)N(C)c1ccccc1. The second-order valence-corrected chi connectivity index (χ2v) is 5.62. The van der Waals surface area contributed by atoms with Gasteiger partial charge in [0, 0.05) is 43.0 Å². The number of nitrogens with one attached hydrogen (secondary N) is 2. The first-order chi connectivity index (χ1) is 11.1. The molecule has 0 saturated carbocycles. The van der Waals surface area contributed by atoms with Crippen LogP contribution in [-0.2, 0) is 0 Å². The van der Waals surface area contributed by atoms with Crippen LogP contribution in [0, 0.1) is 0 Å². The molecule has 1 aromatic carbocycles. The van der Waals surface area contributed by atoms with Crippen LogP contribution in [0.2, 0.25) is 0 Å². The summed E-state index contributed by atoms with van der Waals surface area (Å²) in [7, 11) is 2.07. The molecule has 0 aliphatic rings. The highest BCUT2D eigenvalue weighted by atomic mass is 16.1. The molecule has 0 spiro atoms. The van der Waals surface area contributed by atoms with Gasteiger partial charge in [-0.15, -0.1) is 0 Å². The Hall–Kier alpha value is -2.82. The lowest BCUT2D eigenvalue weighted by Crippen LogP contribution is -2.34. The second-order valence-electron chi connectivity index (χ2n) is 5.62. The number of nitrogens with zero attached hydrogens (tertiary/aromatic N) is 2. The zero-order valence-corrected chi connectivity index (χ0v) is 13.3. The number of pyridine rings is 2. The van der Waals surface area contributed by atoms with Crippen molar-refractivity contribution in [2.75, 3.05) is 23.8 Å². The van der Waals surface area contributed by atoms with Crippen molar-refractivity contribution in [2.24, 2.45) is 0 Å². The lowest BCUT2D eigenvalue weighted by Gasteiger charge is -2.27. The number of fused-ring (bicyclic) bond motifs is 1. The molecule has 0 amide bonds. The topological polar surface area (TPSA) is 61.0 Å². The Labute approximate surface area is 135 Å². The number of anilines is 2. The number of hydrogen-bond acceptors (Lipinski definition) is 4. The van der Waals surface area contributed by atoms with Gasteiger partial charge in [0.25, 0.3) is 5.56 Å². The number of aromatic amines is 1. The van der Waals surface area contributed by atoms with E-state index in [4.69, 9.17) is 0 Å². The Morgan fingerprint density at radius 3 is 2.78 bits per heavy atom. The van der Waals surface area contributed by atoms with Crippen molar-refractivity contribution in [1.82, 2.24) is 9.97 Å². The Balaban J connectivity index is 1.77. The van der Waals surface area contributed by atoms with Crippen LogP contribution < -0.4 is 15.8 Å². The summed E-state index contributed by atoms with van der Waals surface area (Å²) >= 11 is 0. The van der Waals surface area contributed by atoms with Gasteiger partial charge >= 0.3 is 0 Å². The molecule has 0 saturated heterocycles. The Morgan fingerprint density at radius 2 is 2.00 bits per heavy atom. The number of rotatable bonds is 5. The van der Waals surface area contributed by atoms with Gasteiger partial charge in [-0.3, -0.25) is 4.79 Å². The van der Waals surface area contributed by atoms with E-state index in [0.29, 0.717) is 5.65 Å². The Kier molecular flexibility index (Phi) is 4.28. The van der Waals surface area contributed by atoms with Gasteiger partial charge in [-0.25, -0.2) is 4.98 Å². The largest absolute Gasteiger partial charge is 0.382 e. The molecule has 2 heterocycles. The maximum atomic E-state index is 11.8. The number of aromatic nitrogens is 2. The molecule has 1 atom stereocenters. The zero-order valence-electron chi connectivity index (χ0n) is 13.3. The number of benzene rings is 1. The van der Waals surface area contributed by atoms with E-state index in [-0.39, 0.29) is 11.6 Å². The average molecular weight is 308 g/mol. The van der Waals surface area contributed by atoms with E-state index in [1.54, 1.807) is 12.3 Å². The number of hydrogen-bond donors (Lipinski definition) is 2. The van der Waals surface area contributed by atoms with Gasteiger partial charge in [0.15, 0.2) is 0 Å². The highest BCUT2D eigenvalue weighted by Gasteiger charge is 2.11. The fourth-order valence-electron chi connectivity index (χ4n) is 2.54. The molecule has 118 valence electrons. The summed E-state index contributed by atoms with van der Waals surface area (Å²) in [4.78, 5) is 20.9. The maximum Gasteiger partial charge on any atom is 0.251 e. The first-order valence-electron chi connectivity index (χ1n) is 7.65.